The summed E-state index contributed by atoms with van der Waals surface area (Å²) >= 11 is 3.59. The fourth-order valence-electron chi connectivity index (χ4n) is 2.62. The highest BCUT2D eigenvalue weighted by Crippen LogP contribution is 2.25. The molecule has 1 fully saturated rings. The summed E-state index contributed by atoms with van der Waals surface area (Å²) in [5.74, 6) is 6.57. The van der Waals surface area contributed by atoms with Crippen molar-refractivity contribution in [2.24, 2.45) is 5.84 Å². The summed E-state index contributed by atoms with van der Waals surface area (Å²) in [7, 11) is 1.68. The number of hydrazine groups is 1. The van der Waals surface area contributed by atoms with Crippen molar-refractivity contribution in [2.75, 3.05) is 13.7 Å². The lowest BCUT2D eigenvalue weighted by Crippen LogP contribution is -2.40. The van der Waals surface area contributed by atoms with Crippen molar-refractivity contribution < 1.29 is 9.47 Å². The van der Waals surface area contributed by atoms with Crippen molar-refractivity contribution in [2.45, 2.75) is 44.2 Å². The Kier molecular flexibility index (Phi) is 6.29. The van der Waals surface area contributed by atoms with E-state index in [9.17, 15) is 0 Å². The molecule has 112 valence electrons. The van der Waals surface area contributed by atoms with Crippen LogP contribution in [0, 0.1) is 0 Å². The number of halogens is 1. The van der Waals surface area contributed by atoms with Crippen molar-refractivity contribution >= 4 is 15.9 Å². The Morgan fingerprint density at radius 3 is 3.00 bits per heavy atom. The molecule has 1 heterocycles. The van der Waals surface area contributed by atoms with Crippen LogP contribution in [0.25, 0.3) is 0 Å². The van der Waals surface area contributed by atoms with E-state index in [1.54, 1.807) is 7.11 Å². The van der Waals surface area contributed by atoms with Gasteiger partial charge in [0.2, 0.25) is 0 Å². The van der Waals surface area contributed by atoms with Gasteiger partial charge < -0.3 is 9.47 Å². The van der Waals surface area contributed by atoms with Crippen LogP contribution < -0.4 is 16.0 Å². The molecule has 0 saturated carbocycles. The Balaban J connectivity index is 1.98. The lowest BCUT2D eigenvalue weighted by molar-refractivity contribution is 0.00523. The molecule has 2 unspecified atom stereocenters. The summed E-state index contributed by atoms with van der Waals surface area (Å²) in [6, 6.07) is 6.22. The van der Waals surface area contributed by atoms with Crippen molar-refractivity contribution in [3.8, 4) is 5.75 Å². The summed E-state index contributed by atoms with van der Waals surface area (Å²) in [5, 5.41) is 0. The van der Waals surface area contributed by atoms with E-state index in [0.29, 0.717) is 6.10 Å². The number of rotatable bonds is 6. The smallest absolute Gasteiger partial charge is 0.119 e. The first-order chi connectivity index (χ1) is 9.72. The standard InChI is InChI=1S/C15H23BrN2O2/c1-19-13-5-6-15(16)11(9-13)8-12(18-17)10-14-4-2-3-7-20-14/h5-6,9,12,14,18H,2-4,7-8,10,17H2,1H3. The molecule has 2 atom stereocenters. The number of methoxy groups -OCH3 is 1. The molecular formula is C15H23BrN2O2. The van der Waals surface area contributed by atoms with E-state index in [0.717, 1.165) is 36.1 Å². The predicted octanol–water partition coefficient (Wildman–Crippen LogP) is 2.79. The topological polar surface area (TPSA) is 56.5 Å². The van der Waals surface area contributed by atoms with Gasteiger partial charge in [-0.05, 0) is 55.9 Å². The third-order valence-electron chi connectivity index (χ3n) is 3.78. The largest absolute Gasteiger partial charge is 0.497 e. The molecule has 20 heavy (non-hydrogen) atoms. The fraction of sp³-hybridized carbons (Fsp3) is 0.600. The number of ether oxygens (including phenoxy) is 2. The van der Waals surface area contributed by atoms with Gasteiger partial charge in [-0.3, -0.25) is 11.3 Å². The van der Waals surface area contributed by atoms with E-state index in [2.05, 4.69) is 27.4 Å². The van der Waals surface area contributed by atoms with Gasteiger partial charge in [0.05, 0.1) is 13.2 Å². The van der Waals surface area contributed by atoms with Crippen LogP contribution in [0.1, 0.15) is 31.2 Å². The number of hydrogen-bond acceptors (Lipinski definition) is 4. The Bertz CT molecular complexity index is 422. The van der Waals surface area contributed by atoms with E-state index in [4.69, 9.17) is 15.3 Å². The van der Waals surface area contributed by atoms with E-state index in [1.165, 1.54) is 18.4 Å². The van der Waals surface area contributed by atoms with Crippen LogP contribution >= 0.6 is 15.9 Å². The van der Waals surface area contributed by atoms with Crippen molar-refractivity contribution in [3.63, 3.8) is 0 Å². The minimum absolute atomic E-state index is 0.210. The van der Waals surface area contributed by atoms with Gasteiger partial charge in [-0.25, -0.2) is 0 Å². The summed E-state index contributed by atoms with van der Waals surface area (Å²) in [5.41, 5.74) is 4.12. The first kappa shape index (κ1) is 15.8. The minimum Gasteiger partial charge on any atom is -0.497 e. The molecule has 1 aliphatic heterocycles. The molecule has 0 radical (unpaired) electrons. The second-order valence-electron chi connectivity index (χ2n) is 5.25. The van der Waals surface area contributed by atoms with Crippen LogP contribution in [0.4, 0.5) is 0 Å². The van der Waals surface area contributed by atoms with Crippen LogP contribution in [0.2, 0.25) is 0 Å². The molecule has 0 amide bonds. The summed E-state index contributed by atoms with van der Waals surface area (Å²) in [4.78, 5) is 0. The van der Waals surface area contributed by atoms with Crippen LogP contribution in [-0.4, -0.2) is 25.9 Å². The zero-order valence-electron chi connectivity index (χ0n) is 11.9. The molecule has 4 nitrogen and oxygen atoms in total. The molecule has 1 aromatic carbocycles. The van der Waals surface area contributed by atoms with Gasteiger partial charge in [0.15, 0.2) is 0 Å². The predicted molar refractivity (Wildman–Crippen MR) is 83.7 cm³/mol. The lowest BCUT2D eigenvalue weighted by atomic mass is 9.97. The zero-order valence-corrected chi connectivity index (χ0v) is 13.5. The quantitative estimate of drug-likeness (QED) is 0.616. The van der Waals surface area contributed by atoms with Gasteiger partial charge in [0.25, 0.3) is 0 Å². The van der Waals surface area contributed by atoms with Crippen LogP contribution in [-0.2, 0) is 11.2 Å². The van der Waals surface area contributed by atoms with Crippen molar-refractivity contribution in [1.82, 2.24) is 5.43 Å². The second kappa shape index (κ2) is 7.98. The molecule has 0 spiro atoms. The summed E-state index contributed by atoms with van der Waals surface area (Å²) < 4.78 is 12.2. The van der Waals surface area contributed by atoms with Gasteiger partial charge in [-0.15, -0.1) is 0 Å². The zero-order chi connectivity index (χ0) is 14.4. The first-order valence-electron chi connectivity index (χ1n) is 7.13. The molecule has 0 aliphatic carbocycles. The molecular weight excluding hydrogens is 320 g/mol. The van der Waals surface area contributed by atoms with Crippen molar-refractivity contribution in [3.05, 3.63) is 28.2 Å². The lowest BCUT2D eigenvalue weighted by Gasteiger charge is -2.27. The number of nitrogens with one attached hydrogen (secondary N) is 1. The second-order valence-corrected chi connectivity index (χ2v) is 6.10. The maximum absolute atomic E-state index is 5.79. The average Bonchev–Trinajstić information content (AvgIpc) is 2.49. The average molecular weight is 343 g/mol. The number of hydrogen-bond donors (Lipinski definition) is 2. The molecule has 1 saturated heterocycles. The highest BCUT2D eigenvalue weighted by molar-refractivity contribution is 9.10. The highest BCUT2D eigenvalue weighted by atomic mass is 79.9. The van der Waals surface area contributed by atoms with E-state index in [1.807, 2.05) is 12.1 Å². The molecule has 3 N–H and O–H groups in total. The molecule has 0 aromatic heterocycles. The fourth-order valence-corrected chi connectivity index (χ4v) is 3.03. The SMILES string of the molecule is COc1ccc(Br)c(CC(CC2CCCCO2)NN)c1. The molecule has 1 aromatic rings. The molecule has 1 aliphatic rings. The minimum atomic E-state index is 0.210. The first-order valence-corrected chi connectivity index (χ1v) is 7.92. The summed E-state index contributed by atoms with van der Waals surface area (Å²) in [6.07, 6.45) is 5.70. The maximum Gasteiger partial charge on any atom is 0.119 e. The number of nitrogens with two attached hydrogens (primary N) is 1. The summed E-state index contributed by atoms with van der Waals surface area (Å²) in [6.45, 7) is 0.880. The van der Waals surface area contributed by atoms with Crippen LogP contribution in [0.15, 0.2) is 22.7 Å². The Labute approximate surface area is 129 Å². The number of benzene rings is 1. The van der Waals surface area contributed by atoms with Gasteiger partial charge >= 0.3 is 0 Å². The maximum atomic E-state index is 5.79. The normalized spacial score (nSPS) is 20.6. The third-order valence-corrected chi connectivity index (χ3v) is 4.55. The monoisotopic (exact) mass is 342 g/mol. The Morgan fingerprint density at radius 2 is 2.35 bits per heavy atom. The van der Waals surface area contributed by atoms with Crippen LogP contribution in [0.3, 0.4) is 0 Å². The van der Waals surface area contributed by atoms with Gasteiger partial charge in [0, 0.05) is 17.1 Å². The highest BCUT2D eigenvalue weighted by Gasteiger charge is 2.20. The Morgan fingerprint density at radius 1 is 1.50 bits per heavy atom. The molecule has 0 bridgehead atoms. The van der Waals surface area contributed by atoms with E-state index >= 15 is 0 Å². The van der Waals surface area contributed by atoms with Crippen molar-refractivity contribution in [1.29, 1.82) is 0 Å². The van der Waals surface area contributed by atoms with E-state index < -0.39 is 0 Å². The Hall–Kier alpha value is -0.620. The van der Waals surface area contributed by atoms with Crippen LogP contribution in [0.5, 0.6) is 5.75 Å². The molecule has 2 rings (SSSR count). The van der Waals surface area contributed by atoms with Gasteiger partial charge in [-0.2, -0.15) is 0 Å². The van der Waals surface area contributed by atoms with E-state index in [-0.39, 0.29) is 6.04 Å². The third kappa shape index (κ3) is 4.45. The van der Waals surface area contributed by atoms with Gasteiger partial charge in [-0.1, -0.05) is 15.9 Å². The van der Waals surface area contributed by atoms with Gasteiger partial charge in [0.1, 0.15) is 5.75 Å². The molecule has 5 heteroatoms.